The van der Waals surface area contributed by atoms with E-state index in [-0.39, 0.29) is 24.3 Å². The molecule has 4 rings (SSSR count). The fourth-order valence-electron chi connectivity index (χ4n) is 4.19. The largest absolute Gasteiger partial charge is 0.388 e. The molecule has 1 aliphatic heterocycles. The Morgan fingerprint density at radius 1 is 1.11 bits per heavy atom. The number of sulfonamides is 1. The number of aliphatic hydroxyl groups is 1. The minimum atomic E-state index is -3.35. The van der Waals surface area contributed by atoms with Crippen molar-refractivity contribution in [1.82, 2.24) is 4.72 Å². The SMILES string of the molecule is CS(=O)(=O)NCC#Cc1ccc(N2C(=O)CC2c2ccccc2)cc1CC[C@H](O)c1ccc(F)cc1. The molecule has 0 aromatic heterocycles. The minimum Gasteiger partial charge on any atom is -0.388 e. The van der Waals surface area contributed by atoms with E-state index in [1.165, 1.54) is 12.1 Å². The lowest BCUT2D eigenvalue weighted by molar-refractivity contribution is -0.124. The van der Waals surface area contributed by atoms with Crippen molar-refractivity contribution in [3.63, 3.8) is 0 Å². The molecule has 36 heavy (non-hydrogen) atoms. The van der Waals surface area contributed by atoms with Gasteiger partial charge in [0.05, 0.1) is 31.4 Å². The molecular weight excluding hydrogens is 479 g/mol. The lowest BCUT2D eigenvalue weighted by Gasteiger charge is -2.41. The molecule has 1 amide bonds. The summed E-state index contributed by atoms with van der Waals surface area (Å²) in [5.74, 6) is 5.48. The van der Waals surface area contributed by atoms with Crippen LogP contribution in [0, 0.1) is 17.7 Å². The van der Waals surface area contributed by atoms with Gasteiger partial charge in [-0.1, -0.05) is 54.3 Å². The smallest absolute Gasteiger partial charge is 0.230 e. The van der Waals surface area contributed by atoms with Gasteiger partial charge in [0.15, 0.2) is 0 Å². The monoisotopic (exact) mass is 506 g/mol. The van der Waals surface area contributed by atoms with Crippen LogP contribution < -0.4 is 9.62 Å². The summed E-state index contributed by atoms with van der Waals surface area (Å²) in [6.45, 7) is -0.0288. The first kappa shape index (κ1) is 25.6. The third-order valence-corrected chi connectivity index (χ3v) is 6.76. The number of rotatable bonds is 8. The number of nitrogens with one attached hydrogen (secondary N) is 1. The number of aryl methyl sites for hydroxylation is 1. The zero-order valence-electron chi connectivity index (χ0n) is 19.8. The third-order valence-electron chi connectivity index (χ3n) is 6.09. The van der Waals surface area contributed by atoms with Crippen LogP contribution in [0.3, 0.4) is 0 Å². The highest BCUT2D eigenvalue weighted by molar-refractivity contribution is 7.88. The van der Waals surface area contributed by atoms with E-state index in [1.807, 2.05) is 48.5 Å². The predicted octanol–water partition coefficient (Wildman–Crippen LogP) is 3.87. The van der Waals surface area contributed by atoms with E-state index in [2.05, 4.69) is 16.6 Å². The number of aliphatic hydroxyl groups excluding tert-OH is 1. The van der Waals surface area contributed by atoms with Crippen LogP contribution in [0.15, 0.2) is 72.8 Å². The molecule has 2 N–H and O–H groups in total. The van der Waals surface area contributed by atoms with Crippen molar-refractivity contribution in [1.29, 1.82) is 0 Å². The third kappa shape index (κ3) is 6.38. The molecule has 1 heterocycles. The maximum Gasteiger partial charge on any atom is 0.230 e. The highest BCUT2D eigenvalue weighted by Crippen LogP contribution is 2.39. The second-order valence-electron chi connectivity index (χ2n) is 8.74. The zero-order chi connectivity index (χ0) is 25.7. The fraction of sp³-hybridized carbons (Fsp3) is 0.250. The van der Waals surface area contributed by atoms with Crippen molar-refractivity contribution in [3.8, 4) is 11.8 Å². The Morgan fingerprint density at radius 3 is 2.50 bits per heavy atom. The summed E-state index contributed by atoms with van der Waals surface area (Å²) in [6, 6.07) is 21.1. The zero-order valence-corrected chi connectivity index (χ0v) is 20.6. The Bertz CT molecular complexity index is 1400. The van der Waals surface area contributed by atoms with Gasteiger partial charge in [0.2, 0.25) is 15.9 Å². The van der Waals surface area contributed by atoms with E-state index in [0.29, 0.717) is 30.4 Å². The molecular formula is C28H27FN2O4S. The number of hydrogen-bond acceptors (Lipinski definition) is 4. The summed E-state index contributed by atoms with van der Waals surface area (Å²) in [6.07, 6.45) is 1.51. The average molecular weight is 507 g/mol. The van der Waals surface area contributed by atoms with Crippen LogP contribution in [0.2, 0.25) is 0 Å². The van der Waals surface area contributed by atoms with Gasteiger partial charge in [0.25, 0.3) is 0 Å². The van der Waals surface area contributed by atoms with Crippen LogP contribution in [0.4, 0.5) is 10.1 Å². The van der Waals surface area contributed by atoms with Crippen molar-refractivity contribution < 1.29 is 22.7 Å². The molecule has 0 bridgehead atoms. The van der Waals surface area contributed by atoms with Crippen LogP contribution in [-0.4, -0.2) is 32.2 Å². The number of carbonyl (C=O) groups excluding carboxylic acids is 1. The maximum atomic E-state index is 13.2. The van der Waals surface area contributed by atoms with E-state index in [1.54, 1.807) is 17.0 Å². The van der Waals surface area contributed by atoms with Crippen molar-refractivity contribution in [2.45, 2.75) is 31.4 Å². The maximum absolute atomic E-state index is 13.2. The quantitative estimate of drug-likeness (QED) is 0.359. The molecule has 3 aromatic carbocycles. The van der Waals surface area contributed by atoms with Crippen LogP contribution in [0.5, 0.6) is 0 Å². The van der Waals surface area contributed by atoms with Crippen molar-refractivity contribution in [2.24, 2.45) is 0 Å². The second-order valence-corrected chi connectivity index (χ2v) is 10.6. The van der Waals surface area contributed by atoms with Crippen molar-refractivity contribution >= 4 is 21.6 Å². The Balaban J connectivity index is 1.59. The number of carbonyl (C=O) groups is 1. The lowest BCUT2D eigenvalue weighted by Crippen LogP contribution is -2.46. The Hall–Kier alpha value is -3.51. The van der Waals surface area contributed by atoms with E-state index in [4.69, 9.17) is 0 Å². The molecule has 0 radical (unpaired) electrons. The van der Waals surface area contributed by atoms with E-state index in [0.717, 1.165) is 23.1 Å². The second kappa shape index (κ2) is 11.0. The molecule has 3 aromatic rings. The Labute approximate surface area is 210 Å². The van der Waals surface area contributed by atoms with Gasteiger partial charge in [-0.05, 0) is 59.9 Å². The molecule has 1 unspecified atom stereocenters. The van der Waals surface area contributed by atoms with Gasteiger partial charge in [0.1, 0.15) is 5.82 Å². The molecule has 1 aliphatic rings. The van der Waals surface area contributed by atoms with Gasteiger partial charge in [-0.15, -0.1) is 0 Å². The number of halogens is 1. The lowest BCUT2D eigenvalue weighted by atomic mass is 9.91. The fourth-order valence-corrected chi connectivity index (χ4v) is 4.53. The van der Waals surface area contributed by atoms with Crippen LogP contribution in [-0.2, 0) is 21.2 Å². The Kier molecular flexibility index (Phi) is 7.85. The molecule has 0 saturated carbocycles. The van der Waals surface area contributed by atoms with E-state index < -0.39 is 16.1 Å². The van der Waals surface area contributed by atoms with Crippen LogP contribution in [0.25, 0.3) is 0 Å². The van der Waals surface area contributed by atoms with Crippen molar-refractivity contribution in [3.05, 3.63) is 101 Å². The molecule has 1 saturated heterocycles. The Morgan fingerprint density at radius 2 is 1.83 bits per heavy atom. The van der Waals surface area contributed by atoms with Crippen molar-refractivity contribution in [2.75, 3.05) is 17.7 Å². The summed E-state index contributed by atoms with van der Waals surface area (Å²) in [4.78, 5) is 14.3. The number of anilines is 1. The highest BCUT2D eigenvalue weighted by Gasteiger charge is 2.38. The number of β-lactam (4-membered cyclic amide) rings is 1. The first-order chi connectivity index (χ1) is 17.2. The van der Waals surface area contributed by atoms with Crippen LogP contribution in [0.1, 0.15) is 47.2 Å². The first-order valence-electron chi connectivity index (χ1n) is 11.6. The van der Waals surface area contributed by atoms with Gasteiger partial charge in [-0.3, -0.25) is 4.79 Å². The average Bonchev–Trinajstić information content (AvgIpc) is 2.84. The molecule has 2 atom stereocenters. The number of benzene rings is 3. The van der Waals surface area contributed by atoms with Gasteiger partial charge < -0.3 is 10.0 Å². The molecule has 186 valence electrons. The molecule has 0 spiro atoms. The molecule has 0 aliphatic carbocycles. The normalized spacial score (nSPS) is 16.1. The number of nitrogens with zero attached hydrogens (tertiary/aromatic N) is 1. The van der Waals surface area contributed by atoms with E-state index in [9.17, 15) is 22.7 Å². The van der Waals surface area contributed by atoms with Crippen LogP contribution >= 0.6 is 0 Å². The summed E-state index contributed by atoms with van der Waals surface area (Å²) >= 11 is 0. The summed E-state index contributed by atoms with van der Waals surface area (Å²) in [5, 5.41) is 10.6. The summed E-state index contributed by atoms with van der Waals surface area (Å²) in [5.41, 5.74) is 3.92. The molecule has 8 heteroatoms. The molecule has 1 fully saturated rings. The topological polar surface area (TPSA) is 86.7 Å². The number of hydrogen-bond donors (Lipinski definition) is 2. The van der Waals surface area contributed by atoms with Gasteiger partial charge in [-0.25, -0.2) is 17.5 Å². The standard InChI is InChI=1S/C28H27FN2O4S/c1-36(34,35)30-17-5-8-20-11-15-25(31-26(19-28(31)33)21-6-3-2-4-7-21)18-23(20)12-16-27(32)22-9-13-24(29)14-10-22/h2-4,6-7,9-11,13-15,18,26-27,30,32H,12,16-17,19H2,1H3/t26?,27-/m0/s1. The van der Waals surface area contributed by atoms with Gasteiger partial charge >= 0.3 is 0 Å². The number of amides is 1. The minimum absolute atomic E-state index is 0.0253. The predicted molar refractivity (Wildman–Crippen MR) is 137 cm³/mol. The summed E-state index contributed by atoms with van der Waals surface area (Å²) < 4.78 is 38.2. The first-order valence-corrected chi connectivity index (χ1v) is 13.5. The highest BCUT2D eigenvalue weighted by atomic mass is 32.2. The van der Waals surface area contributed by atoms with E-state index >= 15 is 0 Å². The van der Waals surface area contributed by atoms with Gasteiger partial charge in [0, 0.05) is 11.3 Å². The summed E-state index contributed by atoms with van der Waals surface area (Å²) in [7, 11) is -3.35. The molecule has 6 nitrogen and oxygen atoms in total. The van der Waals surface area contributed by atoms with Gasteiger partial charge in [-0.2, -0.15) is 0 Å².